The molecule has 0 unspecified atom stereocenters. The molecule has 0 atom stereocenters. The van der Waals surface area contributed by atoms with Crippen molar-refractivity contribution in [2.24, 2.45) is 0 Å². The summed E-state index contributed by atoms with van der Waals surface area (Å²) in [5.41, 5.74) is -1.57. The number of amides is 1. The number of carbonyl (C=O) groups is 1. The first kappa shape index (κ1) is 24.7. The maximum Gasteiger partial charge on any atom is 0.573 e. The van der Waals surface area contributed by atoms with E-state index in [0.29, 0.717) is 30.6 Å². The molecule has 33 heavy (non-hydrogen) atoms. The largest absolute Gasteiger partial charge is 0.573 e. The SMILES string of the molecule is CC(C)(C)OC(=O)N1CCC(c2cc(C(F)(F)F)n(-c3ccc(OC(F)(F)F)cc3)n2)CC1. The van der Waals surface area contributed by atoms with Gasteiger partial charge in [-0.05, 0) is 63.9 Å². The molecule has 2 aromatic rings. The van der Waals surface area contributed by atoms with E-state index in [4.69, 9.17) is 4.74 Å². The number of halogens is 6. The Balaban J connectivity index is 1.79. The van der Waals surface area contributed by atoms with Gasteiger partial charge in [0.25, 0.3) is 0 Å². The van der Waals surface area contributed by atoms with Crippen molar-refractivity contribution in [3.05, 3.63) is 41.7 Å². The van der Waals surface area contributed by atoms with Crippen molar-refractivity contribution in [2.45, 2.75) is 57.7 Å². The van der Waals surface area contributed by atoms with Gasteiger partial charge in [0.05, 0.1) is 11.4 Å². The van der Waals surface area contributed by atoms with Crippen LogP contribution in [-0.2, 0) is 10.9 Å². The minimum atomic E-state index is -4.91. The van der Waals surface area contributed by atoms with E-state index in [9.17, 15) is 31.1 Å². The molecule has 0 aliphatic carbocycles. The number of nitrogens with zero attached hydrogens (tertiary/aromatic N) is 3. The fourth-order valence-corrected chi connectivity index (χ4v) is 3.47. The number of piperidine rings is 1. The van der Waals surface area contributed by atoms with Crippen LogP contribution in [0.4, 0.5) is 31.1 Å². The Morgan fingerprint density at radius 3 is 2.06 bits per heavy atom. The van der Waals surface area contributed by atoms with Crippen LogP contribution < -0.4 is 4.74 Å². The van der Waals surface area contributed by atoms with Crippen LogP contribution in [-0.4, -0.2) is 45.8 Å². The van der Waals surface area contributed by atoms with Gasteiger partial charge < -0.3 is 14.4 Å². The van der Waals surface area contributed by atoms with Gasteiger partial charge in [0, 0.05) is 19.0 Å². The smallest absolute Gasteiger partial charge is 0.444 e. The van der Waals surface area contributed by atoms with Gasteiger partial charge in [-0.2, -0.15) is 18.3 Å². The van der Waals surface area contributed by atoms with E-state index in [-0.39, 0.29) is 17.3 Å². The Hall–Kier alpha value is -2.92. The summed E-state index contributed by atoms with van der Waals surface area (Å²) in [7, 11) is 0. The number of aromatic nitrogens is 2. The summed E-state index contributed by atoms with van der Waals surface area (Å²) in [6.07, 6.45) is -9.34. The van der Waals surface area contributed by atoms with Gasteiger partial charge >= 0.3 is 18.6 Å². The third-order valence-corrected chi connectivity index (χ3v) is 4.90. The highest BCUT2D eigenvalue weighted by molar-refractivity contribution is 5.68. The second-order valence-corrected chi connectivity index (χ2v) is 8.65. The molecule has 0 radical (unpaired) electrons. The molecular weight excluding hydrogens is 456 g/mol. The predicted molar refractivity (Wildman–Crippen MR) is 105 cm³/mol. The van der Waals surface area contributed by atoms with Crippen molar-refractivity contribution < 1.29 is 40.6 Å². The number of rotatable bonds is 3. The van der Waals surface area contributed by atoms with Gasteiger partial charge in [0.2, 0.25) is 0 Å². The molecule has 3 rings (SSSR count). The summed E-state index contributed by atoms with van der Waals surface area (Å²) in [5.74, 6) is -0.874. The molecule has 1 amide bonds. The lowest BCUT2D eigenvalue weighted by Crippen LogP contribution is -2.41. The Labute approximate surface area is 186 Å². The van der Waals surface area contributed by atoms with E-state index in [0.717, 1.165) is 30.3 Å². The molecule has 0 bridgehead atoms. The predicted octanol–water partition coefficient (Wildman–Crippen LogP) is 5.90. The van der Waals surface area contributed by atoms with Gasteiger partial charge in [0.15, 0.2) is 0 Å². The van der Waals surface area contributed by atoms with E-state index in [1.807, 2.05) is 0 Å². The molecule has 0 spiro atoms. The van der Waals surface area contributed by atoms with Gasteiger partial charge in [-0.3, -0.25) is 0 Å². The van der Waals surface area contributed by atoms with Crippen LogP contribution in [0.15, 0.2) is 30.3 Å². The highest BCUT2D eigenvalue weighted by Crippen LogP contribution is 2.36. The van der Waals surface area contributed by atoms with Gasteiger partial charge in [-0.15, -0.1) is 13.2 Å². The highest BCUT2D eigenvalue weighted by atomic mass is 19.4. The van der Waals surface area contributed by atoms with E-state index >= 15 is 0 Å². The van der Waals surface area contributed by atoms with Crippen LogP contribution in [0, 0.1) is 0 Å². The molecule has 1 aliphatic heterocycles. The average molecular weight is 479 g/mol. The molecule has 12 heteroatoms. The zero-order valence-electron chi connectivity index (χ0n) is 18.1. The topological polar surface area (TPSA) is 56.6 Å². The summed E-state index contributed by atoms with van der Waals surface area (Å²) < 4.78 is 87.6. The van der Waals surface area contributed by atoms with Crippen molar-refractivity contribution in [3.8, 4) is 11.4 Å². The molecule has 6 nitrogen and oxygen atoms in total. The quantitative estimate of drug-likeness (QED) is 0.514. The Morgan fingerprint density at radius 1 is 1.00 bits per heavy atom. The summed E-state index contributed by atoms with van der Waals surface area (Å²) >= 11 is 0. The van der Waals surface area contributed by atoms with Crippen molar-refractivity contribution >= 4 is 6.09 Å². The summed E-state index contributed by atoms with van der Waals surface area (Å²) in [4.78, 5) is 13.7. The third kappa shape index (κ3) is 6.55. The third-order valence-electron chi connectivity index (χ3n) is 4.90. The average Bonchev–Trinajstić information content (AvgIpc) is 3.12. The van der Waals surface area contributed by atoms with Crippen molar-refractivity contribution in [1.29, 1.82) is 0 Å². The number of carbonyl (C=O) groups excluding carboxylic acids is 1. The lowest BCUT2D eigenvalue weighted by Gasteiger charge is -2.32. The maximum atomic E-state index is 13.6. The van der Waals surface area contributed by atoms with Crippen LogP contribution in [0.5, 0.6) is 5.75 Å². The molecule has 1 fully saturated rings. The normalized spacial score (nSPS) is 16.1. The molecule has 1 saturated heterocycles. The maximum absolute atomic E-state index is 13.6. The van der Waals surface area contributed by atoms with Crippen LogP contribution >= 0.6 is 0 Å². The summed E-state index contributed by atoms with van der Waals surface area (Å²) in [6.45, 7) is 5.83. The first-order valence-electron chi connectivity index (χ1n) is 10.1. The van der Waals surface area contributed by atoms with Gasteiger partial charge in [0.1, 0.15) is 17.0 Å². The number of hydrogen-bond donors (Lipinski definition) is 0. The molecule has 0 saturated carbocycles. The highest BCUT2D eigenvalue weighted by Gasteiger charge is 2.38. The molecule has 1 aliphatic rings. The summed E-state index contributed by atoms with van der Waals surface area (Å²) in [6, 6.07) is 4.91. The van der Waals surface area contributed by atoms with E-state index in [1.54, 1.807) is 20.8 Å². The lowest BCUT2D eigenvalue weighted by molar-refractivity contribution is -0.274. The minimum Gasteiger partial charge on any atom is -0.444 e. The Kier molecular flexibility index (Phi) is 6.58. The van der Waals surface area contributed by atoms with Crippen LogP contribution in [0.2, 0.25) is 0 Å². The molecular formula is C21H23F6N3O3. The number of likely N-dealkylation sites (tertiary alicyclic amines) is 1. The fraction of sp³-hybridized carbons (Fsp3) is 0.524. The minimum absolute atomic E-state index is 0.0608. The number of hydrogen-bond acceptors (Lipinski definition) is 4. The standard InChI is InChI=1S/C21H23F6N3O3/c1-19(2,3)33-18(31)29-10-8-13(9-11-29)16-12-17(20(22,23)24)30(28-16)14-4-6-15(7-5-14)32-21(25,26)27/h4-7,12-13H,8-11H2,1-3H3. The fourth-order valence-electron chi connectivity index (χ4n) is 3.47. The van der Waals surface area contributed by atoms with Crippen molar-refractivity contribution in [2.75, 3.05) is 13.1 Å². The second kappa shape index (κ2) is 8.79. The Bertz CT molecular complexity index is 969. The first-order chi connectivity index (χ1) is 15.1. The van der Waals surface area contributed by atoms with E-state index in [1.165, 1.54) is 4.90 Å². The van der Waals surface area contributed by atoms with Crippen LogP contribution in [0.25, 0.3) is 5.69 Å². The molecule has 1 aromatic heterocycles. The van der Waals surface area contributed by atoms with Crippen molar-refractivity contribution in [3.63, 3.8) is 0 Å². The first-order valence-corrected chi connectivity index (χ1v) is 10.1. The number of benzene rings is 1. The lowest BCUT2D eigenvalue weighted by atomic mass is 9.93. The summed E-state index contributed by atoms with van der Waals surface area (Å²) in [5, 5.41) is 4.10. The molecule has 2 heterocycles. The van der Waals surface area contributed by atoms with Gasteiger partial charge in [-0.1, -0.05) is 0 Å². The molecule has 0 N–H and O–H groups in total. The van der Waals surface area contributed by atoms with Crippen molar-refractivity contribution in [1.82, 2.24) is 14.7 Å². The van der Waals surface area contributed by atoms with Crippen LogP contribution in [0.3, 0.4) is 0 Å². The van der Waals surface area contributed by atoms with E-state index < -0.39 is 35.7 Å². The second-order valence-electron chi connectivity index (χ2n) is 8.65. The zero-order chi connectivity index (χ0) is 24.6. The number of ether oxygens (including phenoxy) is 2. The molecule has 182 valence electrons. The zero-order valence-corrected chi connectivity index (χ0v) is 18.1. The number of alkyl halides is 6. The Morgan fingerprint density at radius 2 is 1.58 bits per heavy atom. The van der Waals surface area contributed by atoms with E-state index in [2.05, 4.69) is 9.84 Å². The molecule has 1 aromatic carbocycles. The van der Waals surface area contributed by atoms with Crippen LogP contribution in [0.1, 0.15) is 50.9 Å². The monoisotopic (exact) mass is 479 g/mol. The van der Waals surface area contributed by atoms with Gasteiger partial charge in [-0.25, -0.2) is 9.48 Å².